The Morgan fingerprint density at radius 3 is 2.50 bits per heavy atom. The normalized spacial score (nSPS) is 28.4. The second kappa shape index (κ2) is 3.58. The van der Waals surface area contributed by atoms with Crippen LogP contribution in [-0.2, 0) is 9.84 Å². The molecule has 0 radical (unpaired) electrons. The van der Waals surface area contributed by atoms with Gasteiger partial charge < -0.3 is 5.11 Å². The highest BCUT2D eigenvalue weighted by Gasteiger charge is 2.62. The van der Waals surface area contributed by atoms with Crippen molar-refractivity contribution in [3.8, 4) is 6.07 Å². The Kier molecular flexibility index (Phi) is 2.49. The van der Waals surface area contributed by atoms with Crippen LogP contribution in [0.2, 0.25) is 0 Å². The summed E-state index contributed by atoms with van der Waals surface area (Å²) in [6.07, 6.45) is 0.219. The zero-order chi connectivity index (χ0) is 11.8. The quantitative estimate of drug-likeness (QED) is 0.840. The average molecular weight is 237 g/mol. The van der Waals surface area contributed by atoms with Crippen molar-refractivity contribution in [1.82, 2.24) is 0 Å². The van der Waals surface area contributed by atoms with E-state index >= 15 is 0 Å². The third-order valence-electron chi connectivity index (χ3n) is 2.96. The maximum absolute atomic E-state index is 12.1. The van der Waals surface area contributed by atoms with Crippen LogP contribution < -0.4 is 0 Å². The largest absolute Gasteiger partial charge is 0.395 e. The molecule has 0 spiro atoms. The van der Waals surface area contributed by atoms with E-state index in [-0.39, 0.29) is 11.3 Å². The number of nitriles is 1. The highest BCUT2D eigenvalue weighted by atomic mass is 32.2. The predicted molar refractivity (Wildman–Crippen MR) is 57.2 cm³/mol. The van der Waals surface area contributed by atoms with Gasteiger partial charge in [0, 0.05) is 0 Å². The van der Waals surface area contributed by atoms with Gasteiger partial charge in [-0.3, -0.25) is 0 Å². The van der Waals surface area contributed by atoms with Crippen LogP contribution in [0.15, 0.2) is 35.2 Å². The van der Waals surface area contributed by atoms with Gasteiger partial charge in [0.25, 0.3) is 0 Å². The lowest BCUT2D eigenvalue weighted by atomic mass is 10.2. The van der Waals surface area contributed by atoms with Crippen molar-refractivity contribution >= 4 is 9.84 Å². The second-order valence-electron chi connectivity index (χ2n) is 3.98. The molecule has 0 heterocycles. The Labute approximate surface area is 94.1 Å². The summed E-state index contributed by atoms with van der Waals surface area (Å²) in [5.41, 5.74) is -1.09. The van der Waals surface area contributed by atoms with E-state index in [0.717, 1.165) is 0 Å². The molecule has 16 heavy (non-hydrogen) atoms. The lowest BCUT2D eigenvalue weighted by Gasteiger charge is -2.05. The minimum absolute atomic E-state index is 0.213. The van der Waals surface area contributed by atoms with Crippen LogP contribution in [0.3, 0.4) is 0 Å². The van der Waals surface area contributed by atoms with Crippen LogP contribution in [0.4, 0.5) is 0 Å². The molecule has 1 aliphatic carbocycles. The van der Waals surface area contributed by atoms with Gasteiger partial charge in [0.15, 0.2) is 9.84 Å². The molecule has 4 nitrogen and oxygen atoms in total. The fraction of sp³-hybridized carbons (Fsp3) is 0.364. The summed E-state index contributed by atoms with van der Waals surface area (Å²) in [6.45, 7) is -0.403. The minimum Gasteiger partial charge on any atom is -0.395 e. The van der Waals surface area contributed by atoms with Gasteiger partial charge in [0.2, 0.25) is 0 Å². The second-order valence-corrected chi connectivity index (χ2v) is 6.11. The van der Waals surface area contributed by atoms with Crippen molar-refractivity contribution in [2.24, 2.45) is 5.41 Å². The van der Waals surface area contributed by atoms with Gasteiger partial charge in [-0.15, -0.1) is 0 Å². The van der Waals surface area contributed by atoms with Crippen LogP contribution >= 0.6 is 0 Å². The molecule has 0 unspecified atom stereocenters. The number of hydrogen-bond donors (Lipinski definition) is 1. The molecule has 0 aliphatic heterocycles. The first kappa shape index (κ1) is 11.1. The summed E-state index contributed by atoms with van der Waals surface area (Å²) in [5, 5.41) is 17.1. The lowest BCUT2D eigenvalue weighted by molar-refractivity contribution is 0.246. The highest BCUT2D eigenvalue weighted by Crippen LogP contribution is 2.51. The van der Waals surface area contributed by atoms with Crippen molar-refractivity contribution in [2.75, 3.05) is 6.61 Å². The summed E-state index contributed by atoms with van der Waals surface area (Å²) in [7, 11) is -3.48. The molecule has 1 aromatic carbocycles. The molecule has 1 aromatic rings. The average Bonchev–Trinajstić information content (AvgIpc) is 3.06. The topological polar surface area (TPSA) is 78.2 Å². The van der Waals surface area contributed by atoms with E-state index in [1.807, 2.05) is 6.07 Å². The van der Waals surface area contributed by atoms with E-state index in [1.54, 1.807) is 18.2 Å². The zero-order valence-corrected chi connectivity index (χ0v) is 9.31. The van der Waals surface area contributed by atoms with E-state index in [2.05, 4.69) is 0 Å². The SMILES string of the molecule is N#C[C@]1(CO)C[C@H]1S(=O)(=O)c1ccccc1. The molecule has 0 saturated heterocycles. The fourth-order valence-electron chi connectivity index (χ4n) is 1.77. The molecule has 1 aliphatic rings. The molecule has 0 bridgehead atoms. The van der Waals surface area contributed by atoms with E-state index in [4.69, 9.17) is 10.4 Å². The maximum atomic E-state index is 12.1. The van der Waals surface area contributed by atoms with Crippen LogP contribution in [0.25, 0.3) is 0 Å². The molecule has 2 atom stereocenters. The summed E-state index contributed by atoms with van der Waals surface area (Å²) < 4.78 is 24.1. The number of rotatable bonds is 3. The van der Waals surface area contributed by atoms with Crippen molar-refractivity contribution in [3.63, 3.8) is 0 Å². The molecular formula is C11H11NO3S. The van der Waals surface area contributed by atoms with Crippen LogP contribution in [0.1, 0.15) is 6.42 Å². The Hall–Kier alpha value is -1.38. The maximum Gasteiger partial charge on any atom is 0.182 e. The monoisotopic (exact) mass is 237 g/mol. The fourth-order valence-corrected chi connectivity index (χ4v) is 3.88. The first-order chi connectivity index (χ1) is 7.57. The Morgan fingerprint density at radius 1 is 1.44 bits per heavy atom. The van der Waals surface area contributed by atoms with Crippen molar-refractivity contribution in [3.05, 3.63) is 30.3 Å². The van der Waals surface area contributed by atoms with Crippen molar-refractivity contribution in [2.45, 2.75) is 16.6 Å². The standard InChI is InChI=1S/C11H11NO3S/c12-7-11(8-13)6-10(11)16(14,15)9-4-2-1-3-5-9/h1-5,10,13H,6,8H2/t10-,11+/m1/s1. The minimum atomic E-state index is -3.48. The zero-order valence-electron chi connectivity index (χ0n) is 8.50. The smallest absolute Gasteiger partial charge is 0.182 e. The summed E-state index contributed by atoms with van der Waals surface area (Å²) >= 11 is 0. The van der Waals surface area contributed by atoms with Gasteiger partial charge in [-0.05, 0) is 18.6 Å². The van der Waals surface area contributed by atoms with Gasteiger partial charge in [-0.1, -0.05) is 18.2 Å². The van der Waals surface area contributed by atoms with E-state index in [0.29, 0.717) is 0 Å². The number of aliphatic hydroxyl groups excluding tert-OH is 1. The predicted octanol–water partition coefficient (Wildman–Crippen LogP) is 0.735. The van der Waals surface area contributed by atoms with E-state index < -0.39 is 27.1 Å². The first-order valence-corrected chi connectivity index (χ1v) is 6.42. The van der Waals surface area contributed by atoms with Gasteiger partial charge in [0.05, 0.1) is 28.2 Å². The van der Waals surface area contributed by atoms with Crippen molar-refractivity contribution in [1.29, 1.82) is 5.26 Å². The van der Waals surface area contributed by atoms with Gasteiger partial charge >= 0.3 is 0 Å². The van der Waals surface area contributed by atoms with Crippen LogP contribution in [0, 0.1) is 16.7 Å². The Balaban J connectivity index is 2.35. The number of hydrogen-bond acceptors (Lipinski definition) is 4. The molecule has 84 valence electrons. The Morgan fingerprint density at radius 2 is 2.06 bits per heavy atom. The molecule has 1 saturated carbocycles. The lowest BCUT2D eigenvalue weighted by Crippen LogP contribution is -2.18. The van der Waals surface area contributed by atoms with Gasteiger partial charge in [-0.2, -0.15) is 5.26 Å². The third kappa shape index (κ3) is 1.51. The van der Waals surface area contributed by atoms with E-state index in [1.165, 1.54) is 12.1 Å². The Bertz CT molecular complexity index is 532. The molecule has 1 fully saturated rings. The third-order valence-corrected chi connectivity index (χ3v) is 5.25. The van der Waals surface area contributed by atoms with Crippen LogP contribution in [-0.4, -0.2) is 25.4 Å². The highest BCUT2D eigenvalue weighted by molar-refractivity contribution is 7.92. The molecule has 0 amide bonds. The molecule has 1 N–H and O–H groups in total. The number of nitrogens with zero attached hydrogens (tertiary/aromatic N) is 1. The molecule has 2 rings (SSSR count). The summed E-state index contributed by atoms with van der Waals surface area (Å²) in [4.78, 5) is 0.213. The summed E-state index contributed by atoms with van der Waals surface area (Å²) in [6, 6.07) is 9.93. The molecule has 5 heteroatoms. The van der Waals surface area contributed by atoms with E-state index in [9.17, 15) is 8.42 Å². The van der Waals surface area contributed by atoms with Crippen molar-refractivity contribution < 1.29 is 13.5 Å². The van der Waals surface area contributed by atoms with Gasteiger partial charge in [0.1, 0.15) is 0 Å². The number of sulfone groups is 1. The molecule has 0 aromatic heterocycles. The van der Waals surface area contributed by atoms with Gasteiger partial charge in [-0.25, -0.2) is 8.42 Å². The molecular weight excluding hydrogens is 226 g/mol. The number of benzene rings is 1. The summed E-state index contributed by atoms with van der Waals surface area (Å²) in [5.74, 6) is 0. The first-order valence-electron chi connectivity index (χ1n) is 4.88. The number of aliphatic hydroxyl groups is 1. The van der Waals surface area contributed by atoms with Crippen LogP contribution in [0.5, 0.6) is 0 Å².